The maximum Gasteiger partial charge on any atom is 0.258 e. The minimum absolute atomic E-state index is 0.1000. The number of aryl methyl sites for hydroxylation is 1. The van der Waals surface area contributed by atoms with Gasteiger partial charge in [0.05, 0.1) is 11.4 Å². The van der Waals surface area contributed by atoms with Crippen LogP contribution in [0.15, 0.2) is 72.8 Å². The fraction of sp³-hybridized carbons (Fsp3) is 0.308. The van der Waals surface area contributed by atoms with Crippen molar-refractivity contribution < 1.29 is 9.53 Å². The molecule has 3 aromatic rings. The second-order valence-corrected chi connectivity index (χ2v) is 8.19. The Labute approximate surface area is 201 Å². The molecule has 0 aliphatic heterocycles. The average Bonchev–Trinajstić information content (AvgIpc) is 2.87. The van der Waals surface area contributed by atoms with Crippen molar-refractivity contribution >= 4 is 24.2 Å². The van der Waals surface area contributed by atoms with Crippen LogP contribution in [-0.4, -0.2) is 42.4 Å². The molecule has 1 amide bonds. The van der Waals surface area contributed by atoms with Gasteiger partial charge >= 0.3 is 0 Å². The number of nitrogens with one attached hydrogen (secondary N) is 2. The van der Waals surface area contributed by atoms with E-state index in [1.165, 1.54) is 5.56 Å². The Morgan fingerprint density at radius 1 is 1.00 bits per heavy atom. The molecule has 0 aliphatic carbocycles. The molecule has 1 heterocycles. The number of unbranched alkanes of at least 4 members (excludes halogenated alkanes) is 1. The number of nitrogens with two attached hydrogens (primary N) is 1. The molecule has 0 spiro atoms. The van der Waals surface area contributed by atoms with Gasteiger partial charge in [0.2, 0.25) is 5.88 Å². The normalized spacial score (nSPS) is 11.6. The molecule has 6 nitrogen and oxygen atoms in total. The molecule has 0 saturated heterocycles. The number of hydrogen-bond acceptors (Lipinski definition) is 6. The SMILES string of the molecule is NC(CS)CNc1ccc(-c2ccccc2)nc1OCC(=O)NCCCCc1ccccc1. The van der Waals surface area contributed by atoms with Crippen LogP contribution in [0.3, 0.4) is 0 Å². The summed E-state index contributed by atoms with van der Waals surface area (Å²) in [5, 5.41) is 6.17. The molecule has 0 aliphatic rings. The van der Waals surface area contributed by atoms with E-state index in [4.69, 9.17) is 10.5 Å². The van der Waals surface area contributed by atoms with Gasteiger partial charge in [-0.15, -0.1) is 0 Å². The molecule has 1 unspecified atom stereocenters. The lowest BCUT2D eigenvalue weighted by Crippen LogP contribution is -2.31. The molecule has 33 heavy (non-hydrogen) atoms. The van der Waals surface area contributed by atoms with Crippen LogP contribution in [0, 0.1) is 0 Å². The lowest BCUT2D eigenvalue weighted by atomic mass is 10.1. The summed E-state index contributed by atoms with van der Waals surface area (Å²) in [7, 11) is 0. The van der Waals surface area contributed by atoms with Crippen LogP contribution < -0.4 is 21.1 Å². The molecular weight excluding hydrogens is 432 g/mol. The number of hydrogen-bond donors (Lipinski definition) is 4. The maximum absolute atomic E-state index is 12.3. The number of ether oxygens (including phenoxy) is 1. The van der Waals surface area contributed by atoms with Crippen LogP contribution in [-0.2, 0) is 11.2 Å². The Hall–Kier alpha value is -3.03. The highest BCUT2D eigenvalue weighted by Crippen LogP contribution is 2.27. The predicted molar refractivity (Wildman–Crippen MR) is 138 cm³/mol. The molecule has 1 aromatic heterocycles. The highest BCUT2D eigenvalue weighted by atomic mass is 32.1. The molecule has 0 fully saturated rings. The zero-order chi connectivity index (χ0) is 23.3. The van der Waals surface area contributed by atoms with Crippen molar-refractivity contribution in [2.24, 2.45) is 5.73 Å². The zero-order valence-corrected chi connectivity index (χ0v) is 19.6. The van der Waals surface area contributed by atoms with E-state index in [0.717, 1.165) is 30.5 Å². The van der Waals surface area contributed by atoms with Gasteiger partial charge < -0.3 is 21.1 Å². The molecular formula is C26H32N4O2S. The molecule has 1 atom stereocenters. The second kappa shape index (κ2) is 13.5. The van der Waals surface area contributed by atoms with Gasteiger partial charge in [-0.2, -0.15) is 12.6 Å². The summed E-state index contributed by atoms with van der Waals surface area (Å²) in [6, 6.07) is 23.9. The molecule has 0 radical (unpaired) electrons. The number of nitrogens with zero attached hydrogens (tertiary/aromatic N) is 1. The number of pyridine rings is 1. The minimum atomic E-state index is -0.167. The number of benzene rings is 2. The molecule has 4 N–H and O–H groups in total. The summed E-state index contributed by atoms with van der Waals surface area (Å²) < 4.78 is 5.81. The van der Waals surface area contributed by atoms with Crippen molar-refractivity contribution in [3.8, 4) is 17.1 Å². The van der Waals surface area contributed by atoms with Gasteiger partial charge in [0.1, 0.15) is 0 Å². The quantitative estimate of drug-likeness (QED) is 0.227. The van der Waals surface area contributed by atoms with Gasteiger partial charge in [0, 0.05) is 30.4 Å². The highest BCUT2D eigenvalue weighted by molar-refractivity contribution is 7.80. The summed E-state index contributed by atoms with van der Waals surface area (Å²) in [5.41, 5.74) is 9.73. The van der Waals surface area contributed by atoms with E-state index < -0.39 is 0 Å². The molecule has 0 saturated carbocycles. The van der Waals surface area contributed by atoms with Gasteiger partial charge in [-0.05, 0) is 37.0 Å². The van der Waals surface area contributed by atoms with E-state index >= 15 is 0 Å². The smallest absolute Gasteiger partial charge is 0.258 e. The Balaban J connectivity index is 1.52. The first-order valence-corrected chi connectivity index (χ1v) is 11.9. The first-order chi connectivity index (χ1) is 16.2. The van der Waals surface area contributed by atoms with Gasteiger partial charge in [-0.1, -0.05) is 60.7 Å². The number of anilines is 1. The lowest BCUT2D eigenvalue weighted by Gasteiger charge is -2.16. The Kier molecular flexibility index (Phi) is 10.1. The van der Waals surface area contributed by atoms with Crippen LogP contribution in [0.1, 0.15) is 18.4 Å². The second-order valence-electron chi connectivity index (χ2n) is 7.82. The van der Waals surface area contributed by atoms with Crippen molar-refractivity contribution in [3.05, 3.63) is 78.4 Å². The van der Waals surface area contributed by atoms with Crippen LogP contribution >= 0.6 is 12.6 Å². The third kappa shape index (κ3) is 8.44. The van der Waals surface area contributed by atoms with Crippen LogP contribution in [0.2, 0.25) is 0 Å². The minimum Gasteiger partial charge on any atom is -0.466 e. The summed E-state index contributed by atoms with van der Waals surface area (Å²) in [5.74, 6) is 0.771. The Morgan fingerprint density at radius 3 is 2.45 bits per heavy atom. The van der Waals surface area contributed by atoms with E-state index in [2.05, 4.69) is 40.4 Å². The first kappa shape index (κ1) is 24.6. The van der Waals surface area contributed by atoms with Crippen LogP contribution in [0.4, 0.5) is 5.69 Å². The van der Waals surface area contributed by atoms with Crippen molar-refractivity contribution in [2.45, 2.75) is 25.3 Å². The molecule has 2 aromatic carbocycles. The van der Waals surface area contributed by atoms with E-state index in [0.29, 0.717) is 30.4 Å². The standard InChI is InChI=1S/C26H32N4O2S/c27-22(19-33)17-29-24-15-14-23(21-12-5-2-6-13-21)30-26(24)32-18-25(31)28-16-8-7-11-20-9-3-1-4-10-20/h1-6,9-10,12-15,22,29,33H,7-8,11,16-19,27H2,(H,28,31). The molecule has 0 bridgehead atoms. The lowest BCUT2D eigenvalue weighted by molar-refractivity contribution is -0.123. The van der Waals surface area contributed by atoms with Gasteiger partial charge in [-0.3, -0.25) is 4.79 Å². The average molecular weight is 465 g/mol. The Bertz CT molecular complexity index is 986. The van der Waals surface area contributed by atoms with E-state index in [9.17, 15) is 4.79 Å². The van der Waals surface area contributed by atoms with E-state index in [1.807, 2.05) is 60.7 Å². The number of amides is 1. The molecule has 7 heteroatoms. The summed E-state index contributed by atoms with van der Waals surface area (Å²) >= 11 is 4.22. The predicted octanol–water partition coefficient (Wildman–Crippen LogP) is 3.94. The van der Waals surface area contributed by atoms with Crippen LogP contribution in [0.5, 0.6) is 5.88 Å². The number of rotatable bonds is 13. The molecule has 174 valence electrons. The molecule has 3 rings (SSSR count). The highest BCUT2D eigenvalue weighted by Gasteiger charge is 2.12. The zero-order valence-electron chi connectivity index (χ0n) is 18.7. The van der Waals surface area contributed by atoms with Gasteiger partial charge in [0.15, 0.2) is 6.61 Å². The van der Waals surface area contributed by atoms with Gasteiger partial charge in [0.25, 0.3) is 5.91 Å². The number of aromatic nitrogens is 1. The number of thiol groups is 1. The van der Waals surface area contributed by atoms with Crippen molar-refractivity contribution in [1.29, 1.82) is 0 Å². The fourth-order valence-corrected chi connectivity index (χ4v) is 3.40. The van der Waals surface area contributed by atoms with Crippen molar-refractivity contribution in [3.63, 3.8) is 0 Å². The van der Waals surface area contributed by atoms with Gasteiger partial charge in [-0.25, -0.2) is 4.98 Å². The largest absolute Gasteiger partial charge is 0.466 e. The summed E-state index contributed by atoms with van der Waals surface area (Å²) in [6.45, 7) is 1.05. The number of carbonyl (C=O) groups excluding carboxylic acids is 1. The van der Waals surface area contributed by atoms with Crippen LogP contribution in [0.25, 0.3) is 11.3 Å². The summed E-state index contributed by atoms with van der Waals surface area (Å²) in [6.07, 6.45) is 2.94. The topological polar surface area (TPSA) is 89.3 Å². The monoisotopic (exact) mass is 464 g/mol. The Morgan fingerprint density at radius 2 is 1.73 bits per heavy atom. The van der Waals surface area contributed by atoms with E-state index in [1.54, 1.807) is 0 Å². The van der Waals surface area contributed by atoms with Crippen molar-refractivity contribution in [1.82, 2.24) is 10.3 Å². The maximum atomic E-state index is 12.3. The van der Waals surface area contributed by atoms with E-state index in [-0.39, 0.29) is 18.6 Å². The fourth-order valence-electron chi connectivity index (χ4n) is 3.27. The third-order valence-corrected chi connectivity index (χ3v) is 5.59. The summed E-state index contributed by atoms with van der Waals surface area (Å²) in [4.78, 5) is 17.0. The number of carbonyl (C=O) groups is 1. The first-order valence-electron chi connectivity index (χ1n) is 11.3. The third-order valence-electron chi connectivity index (χ3n) is 5.12. The van der Waals surface area contributed by atoms with Crippen molar-refractivity contribution in [2.75, 3.05) is 30.8 Å².